The van der Waals surface area contributed by atoms with Gasteiger partial charge < -0.3 is 10.6 Å². The topological polar surface area (TPSA) is 41.1 Å². The summed E-state index contributed by atoms with van der Waals surface area (Å²) in [6.07, 6.45) is 2.39. The summed E-state index contributed by atoms with van der Waals surface area (Å²) >= 11 is 3.45. The van der Waals surface area contributed by atoms with Crippen LogP contribution in [0.2, 0.25) is 0 Å². The molecular formula is C15H15BrN2O. The van der Waals surface area contributed by atoms with Crippen LogP contribution in [0.3, 0.4) is 0 Å². The van der Waals surface area contributed by atoms with Crippen molar-refractivity contribution in [2.24, 2.45) is 0 Å². The van der Waals surface area contributed by atoms with E-state index in [-0.39, 0.29) is 5.91 Å². The number of benzene rings is 2. The largest absolute Gasteiger partial charge is 0.325 e. The van der Waals surface area contributed by atoms with E-state index in [1.165, 1.54) is 12.8 Å². The third-order valence-corrected chi connectivity index (χ3v) is 3.71. The second-order valence-corrected chi connectivity index (χ2v) is 5.83. The van der Waals surface area contributed by atoms with Gasteiger partial charge in [0.25, 0.3) is 0 Å². The molecule has 0 unspecified atom stereocenters. The fourth-order valence-corrected chi connectivity index (χ4v) is 2.40. The molecule has 0 spiro atoms. The van der Waals surface area contributed by atoms with Crippen molar-refractivity contribution in [1.82, 2.24) is 5.32 Å². The van der Waals surface area contributed by atoms with Gasteiger partial charge in [0.05, 0.1) is 6.54 Å². The van der Waals surface area contributed by atoms with Crippen LogP contribution < -0.4 is 10.6 Å². The van der Waals surface area contributed by atoms with Crippen LogP contribution in [-0.2, 0) is 4.79 Å². The van der Waals surface area contributed by atoms with Crippen molar-refractivity contribution in [3.8, 4) is 0 Å². The van der Waals surface area contributed by atoms with E-state index in [2.05, 4.69) is 32.6 Å². The summed E-state index contributed by atoms with van der Waals surface area (Å²) in [7, 11) is 0. The lowest BCUT2D eigenvalue weighted by Crippen LogP contribution is -2.29. The van der Waals surface area contributed by atoms with Gasteiger partial charge in [-0.15, -0.1) is 0 Å². The molecule has 4 heteroatoms. The molecule has 2 N–H and O–H groups in total. The predicted molar refractivity (Wildman–Crippen MR) is 81.3 cm³/mol. The molecule has 0 saturated heterocycles. The van der Waals surface area contributed by atoms with Crippen LogP contribution in [0.15, 0.2) is 40.9 Å². The molecule has 1 amide bonds. The van der Waals surface area contributed by atoms with Gasteiger partial charge in [0.2, 0.25) is 5.91 Å². The Kier molecular flexibility index (Phi) is 3.53. The van der Waals surface area contributed by atoms with E-state index in [4.69, 9.17) is 0 Å². The maximum Gasteiger partial charge on any atom is 0.238 e. The Labute approximate surface area is 120 Å². The van der Waals surface area contributed by atoms with Gasteiger partial charge in [-0.05, 0) is 47.9 Å². The number of carbonyl (C=O) groups is 1. The van der Waals surface area contributed by atoms with Crippen LogP contribution in [0.4, 0.5) is 5.69 Å². The van der Waals surface area contributed by atoms with Gasteiger partial charge in [-0.2, -0.15) is 0 Å². The molecule has 0 aromatic heterocycles. The molecule has 1 saturated carbocycles. The van der Waals surface area contributed by atoms with E-state index in [0.717, 1.165) is 20.9 Å². The molecule has 3 rings (SSSR count). The summed E-state index contributed by atoms with van der Waals surface area (Å²) in [5.41, 5.74) is 0.845. The number of carbonyl (C=O) groups excluding carboxylic acids is 1. The van der Waals surface area contributed by atoms with Crippen molar-refractivity contribution in [2.75, 3.05) is 11.9 Å². The maximum absolute atomic E-state index is 11.8. The summed E-state index contributed by atoms with van der Waals surface area (Å²) in [5, 5.41) is 8.40. The second-order valence-electron chi connectivity index (χ2n) is 4.91. The lowest BCUT2D eigenvalue weighted by Gasteiger charge is -2.07. The zero-order valence-electron chi connectivity index (χ0n) is 10.4. The number of halogens is 1. The SMILES string of the molecule is O=C(CNC1CC1)Nc1ccc2cc(Br)ccc2c1. The highest BCUT2D eigenvalue weighted by Gasteiger charge is 2.21. The van der Waals surface area contributed by atoms with Crippen LogP contribution in [0, 0.1) is 0 Å². The van der Waals surface area contributed by atoms with Crippen molar-refractivity contribution < 1.29 is 4.79 Å². The van der Waals surface area contributed by atoms with E-state index < -0.39 is 0 Å². The zero-order valence-corrected chi connectivity index (χ0v) is 12.0. The van der Waals surface area contributed by atoms with Gasteiger partial charge in [-0.1, -0.05) is 28.1 Å². The van der Waals surface area contributed by atoms with Gasteiger partial charge >= 0.3 is 0 Å². The fourth-order valence-electron chi connectivity index (χ4n) is 2.02. The van der Waals surface area contributed by atoms with Gasteiger partial charge in [0, 0.05) is 16.2 Å². The van der Waals surface area contributed by atoms with Crippen LogP contribution in [0.5, 0.6) is 0 Å². The monoisotopic (exact) mass is 318 g/mol. The van der Waals surface area contributed by atoms with Crippen molar-refractivity contribution in [2.45, 2.75) is 18.9 Å². The predicted octanol–water partition coefficient (Wildman–Crippen LogP) is 3.29. The number of hydrogen-bond donors (Lipinski definition) is 2. The number of amides is 1. The zero-order chi connectivity index (χ0) is 13.2. The third-order valence-electron chi connectivity index (χ3n) is 3.21. The smallest absolute Gasteiger partial charge is 0.238 e. The van der Waals surface area contributed by atoms with E-state index in [1.807, 2.05) is 30.3 Å². The first-order chi connectivity index (χ1) is 9.20. The quantitative estimate of drug-likeness (QED) is 0.908. The molecule has 19 heavy (non-hydrogen) atoms. The Morgan fingerprint density at radius 3 is 2.68 bits per heavy atom. The van der Waals surface area contributed by atoms with E-state index in [1.54, 1.807) is 0 Å². The lowest BCUT2D eigenvalue weighted by molar-refractivity contribution is -0.115. The maximum atomic E-state index is 11.8. The molecular weight excluding hydrogens is 304 g/mol. The first kappa shape index (κ1) is 12.6. The number of fused-ring (bicyclic) bond motifs is 1. The summed E-state index contributed by atoms with van der Waals surface area (Å²) in [6.45, 7) is 0.392. The van der Waals surface area contributed by atoms with Gasteiger partial charge in [-0.3, -0.25) is 4.79 Å². The molecule has 2 aromatic rings. The Hall–Kier alpha value is -1.39. The molecule has 98 valence electrons. The van der Waals surface area contributed by atoms with Gasteiger partial charge in [0.1, 0.15) is 0 Å². The summed E-state index contributed by atoms with van der Waals surface area (Å²) in [5.74, 6) is 0.0170. The molecule has 1 aliphatic carbocycles. The molecule has 2 aromatic carbocycles. The molecule has 0 radical (unpaired) electrons. The normalized spacial score (nSPS) is 14.6. The summed E-state index contributed by atoms with van der Waals surface area (Å²) < 4.78 is 1.06. The fraction of sp³-hybridized carbons (Fsp3) is 0.267. The van der Waals surface area contributed by atoms with Gasteiger partial charge in [-0.25, -0.2) is 0 Å². The molecule has 0 bridgehead atoms. The van der Waals surface area contributed by atoms with E-state index in [0.29, 0.717) is 12.6 Å². The minimum atomic E-state index is 0.0170. The molecule has 0 aliphatic heterocycles. The molecule has 0 heterocycles. The summed E-state index contributed by atoms with van der Waals surface area (Å²) in [6, 6.07) is 12.6. The Morgan fingerprint density at radius 2 is 1.89 bits per heavy atom. The van der Waals surface area contributed by atoms with Crippen LogP contribution in [0.1, 0.15) is 12.8 Å². The number of hydrogen-bond acceptors (Lipinski definition) is 2. The van der Waals surface area contributed by atoms with E-state index in [9.17, 15) is 4.79 Å². The van der Waals surface area contributed by atoms with Crippen molar-refractivity contribution in [3.63, 3.8) is 0 Å². The molecule has 0 atom stereocenters. The Bertz CT molecular complexity index is 623. The van der Waals surface area contributed by atoms with Crippen molar-refractivity contribution in [1.29, 1.82) is 0 Å². The number of rotatable bonds is 4. The lowest BCUT2D eigenvalue weighted by atomic mass is 10.1. The average Bonchev–Trinajstić information content (AvgIpc) is 3.21. The van der Waals surface area contributed by atoms with Crippen LogP contribution >= 0.6 is 15.9 Å². The molecule has 3 nitrogen and oxygen atoms in total. The minimum absolute atomic E-state index is 0.0170. The second kappa shape index (κ2) is 5.31. The highest BCUT2D eigenvalue weighted by Crippen LogP contribution is 2.23. The van der Waals surface area contributed by atoms with Gasteiger partial charge in [0.15, 0.2) is 0 Å². The van der Waals surface area contributed by atoms with Crippen molar-refractivity contribution >= 4 is 38.3 Å². The Balaban J connectivity index is 1.69. The highest BCUT2D eigenvalue weighted by atomic mass is 79.9. The van der Waals surface area contributed by atoms with Crippen LogP contribution in [0.25, 0.3) is 10.8 Å². The Morgan fingerprint density at radius 1 is 1.16 bits per heavy atom. The number of nitrogens with one attached hydrogen (secondary N) is 2. The molecule has 1 aliphatic rings. The first-order valence-electron chi connectivity index (χ1n) is 6.43. The summed E-state index contributed by atoms with van der Waals surface area (Å²) in [4.78, 5) is 11.8. The average molecular weight is 319 g/mol. The van der Waals surface area contributed by atoms with E-state index >= 15 is 0 Å². The van der Waals surface area contributed by atoms with Crippen molar-refractivity contribution in [3.05, 3.63) is 40.9 Å². The molecule has 1 fully saturated rings. The first-order valence-corrected chi connectivity index (χ1v) is 7.22. The minimum Gasteiger partial charge on any atom is -0.325 e. The third kappa shape index (κ3) is 3.33. The van der Waals surface area contributed by atoms with Crippen LogP contribution in [-0.4, -0.2) is 18.5 Å². The highest BCUT2D eigenvalue weighted by molar-refractivity contribution is 9.10. The standard InChI is InChI=1S/C15H15BrN2O/c16-12-3-1-11-8-14(4-2-10(11)7-12)18-15(19)9-17-13-5-6-13/h1-4,7-8,13,17H,5-6,9H2,(H,18,19). The number of anilines is 1.